The highest BCUT2D eigenvalue weighted by molar-refractivity contribution is 5.72. The first-order valence-corrected chi connectivity index (χ1v) is 9.92. The molecule has 0 spiro atoms. The Kier molecular flexibility index (Phi) is 7.86. The van der Waals surface area contributed by atoms with E-state index in [1.807, 2.05) is 60.7 Å². The topological polar surface area (TPSA) is 65.0 Å². The van der Waals surface area contributed by atoms with E-state index in [0.717, 1.165) is 34.6 Å². The van der Waals surface area contributed by atoms with E-state index in [-0.39, 0.29) is 0 Å². The van der Waals surface area contributed by atoms with Crippen molar-refractivity contribution in [2.75, 3.05) is 20.3 Å². The number of ether oxygens (including phenoxy) is 3. The van der Waals surface area contributed by atoms with E-state index in [1.54, 1.807) is 0 Å². The molecule has 5 heteroatoms. The second kappa shape index (κ2) is 11.0. The first kappa shape index (κ1) is 21.4. The van der Waals surface area contributed by atoms with E-state index >= 15 is 0 Å². The number of hydrogen-bond acceptors (Lipinski definition) is 4. The lowest BCUT2D eigenvalue weighted by Crippen LogP contribution is -2.24. The second-order valence-corrected chi connectivity index (χ2v) is 6.82. The molecule has 3 rings (SSSR count). The van der Waals surface area contributed by atoms with Gasteiger partial charge >= 0.3 is 5.97 Å². The summed E-state index contributed by atoms with van der Waals surface area (Å²) in [5.41, 5.74) is 3.09. The number of aliphatic carboxylic acids is 1. The average Bonchev–Trinajstić information content (AvgIpc) is 2.79. The lowest BCUT2D eigenvalue weighted by Gasteiger charge is -2.13. The van der Waals surface area contributed by atoms with Crippen molar-refractivity contribution in [1.82, 2.24) is 0 Å². The molecule has 0 aliphatic carbocycles. The zero-order valence-corrected chi connectivity index (χ0v) is 17.0. The predicted octanol–water partition coefficient (Wildman–Crippen LogP) is 4.84. The zero-order chi connectivity index (χ0) is 21.2. The second-order valence-electron chi connectivity index (χ2n) is 6.82. The highest BCUT2D eigenvalue weighted by Crippen LogP contribution is 2.29. The molecule has 0 amide bonds. The Morgan fingerprint density at radius 1 is 0.867 bits per heavy atom. The number of carboxylic acids is 1. The van der Waals surface area contributed by atoms with Crippen LogP contribution in [0.3, 0.4) is 0 Å². The zero-order valence-electron chi connectivity index (χ0n) is 17.0. The van der Waals surface area contributed by atoms with Crippen molar-refractivity contribution >= 4 is 5.97 Å². The summed E-state index contributed by atoms with van der Waals surface area (Å²) in [6.45, 7) is 1.08. The van der Waals surface area contributed by atoms with Gasteiger partial charge < -0.3 is 19.3 Å². The molecular weight excluding hydrogens is 380 g/mol. The van der Waals surface area contributed by atoms with Crippen molar-refractivity contribution in [2.45, 2.75) is 18.9 Å². The van der Waals surface area contributed by atoms with Crippen LogP contribution in [0.5, 0.6) is 11.5 Å². The van der Waals surface area contributed by atoms with Crippen molar-refractivity contribution in [3.63, 3.8) is 0 Å². The fourth-order valence-corrected chi connectivity index (χ4v) is 3.09. The lowest BCUT2D eigenvalue weighted by atomic mass is 10.1. The van der Waals surface area contributed by atoms with Gasteiger partial charge in [-0.15, -0.1) is 0 Å². The Labute approximate surface area is 176 Å². The third-order valence-corrected chi connectivity index (χ3v) is 4.69. The molecule has 3 aromatic rings. The van der Waals surface area contributed by atoms with E-state index in [2.05, 4.69) is 18.2 Å². The van der Waals surface area contributed by atoms with E-state index in [4.69, 9.17) is 19.3 Å². The summed E-state index contributed by atoms with van der Waals surface area (Å²) in [6, 6.07) is 25.6. The van der Waals surface area contributed by atoms with Gasteiger partial charge in [0.2, 0.25) is 0 Å². The van der Waals surface area contributed by atoms with Gasteiger partial charge in [-0.25, -0.2) is 4.79 Å². The fraction of sp³-hybridized carbons (Fsp3) is 0.240. The van der Waals surface area contributed by atoms with Gasteiger partial charge in [0.15, 0.2) is 6.10 Å². The van der Waals surface area contributed by atoms with Gasteiger partial charge in [-0.05, 0) is 29.3 Å². The molecule has 0 aliphatic rings. The molecule has 0 unspecified atom stereocenters. The van der Waals surface area contributed by atoms with Gasteiger partial charge in [-0.3, -0.25) is 0 Å². The Morgan fingerprint density at radius 2 is 1.53 bits per heavy atom. The summed E-state index contributed by atoms with van der Waals surface area (Å²) in [5.74, 6) is 0.638. The Bertz CT molecular complexity index is 922. The fourth-order valence-electron chi connectivity index (χ4n) is 3.09. The number of hydrogen-bond donors (Lipinski definition) is 1. The van der Waals surface area contributed by atoms with E-state index in [0.29, 0.717) is 19.6 Å². The van der Waals surface area contributed by atoms with Crippen LogP contribution in [0.15, 0.2) is 78.9 Å². The molecule has 0 aliphatic heterocycles. The molecule has 0 saturated carbocycles. The number of carboxylic acid groups (broad SMARTS) is 1. The normalized spacial score (nSPS) is 11.6. The SMILES string of the molecule is CO[C@@H](Cc1ccc(OCCCOc2ccccc2-c2ccccc2)cc1)C(=O)O. The van der Waals surface area contributed by atoms with Gasteiger partial charge in [0, 0.05) is 25.5 Å². The number of benzene rings is 3. The van der Waals surface area contributed by atoms with Crippen LogP contribution in [0.2, 0.25) is 0 Å². The van der Waals surface area contributed by atoms with Gasteiger partial charge in [0.25, 0.3) is 0 Å². The van der Waals surface area contributed by atoms with Crippen molar-refractivity contribution in [3.05, 3.63) is 84.4 Å². The summed E-state index contributed by atoms with van der Waals surface area (Å²) in [5, 5.41) is 9.06. The molecule has 0 saturated heterocycles. The minimum Gasteiger partial charge on any atom is -0.493 e. The first-order valence-electron chi connectivity index (χ1n) is 9.92. The van der Waals surface area contributed by atoms with Gasteiger partial charge in [0.1, 0.15) is 11.5 Å². The monoisotopic (exact) mass is 406 g/mol. The van der Waals surface area contributed by atoms with Crippen molar-refractivity contribution in [3.8, 4) is 22.6 Å². The third kappa shape index (κ3) is 6.09. The molecule has 0 bridgehead atoms. The van der Waals surface area contributed by atoms with Crippen LogP contribution >= 0.6 is 0 Å². The minimum atomic E-state index is -0.966. The number of rotatable bonds is 11. The maximum Gasteiger partial charge on any atom is 0.333 e. The van der Waals surface area contributed by atoms with Crippen molar-refractivity contribution < 1.29 is 24.1 Å². The van der Waals surface area contributed by atoms with E-state index in [9.17, 15) is 4.79 Å². The summed E-state index contributed by atoms with van der Waals surface area (Å²) in [6.07, 6.45) is 0.226. The van der Waals surface area contributed by atoms with Crippen LogP contribution in [0.4, 0.5) is 0 Å². The largest absolute Gasteiger partial charge is 0.493 e. The molecule has 5 nitrogen and oxygen atoms in total. The van der Waals surface area contributed by atoms with Gasteiger partial charge in [0.05, 0.1) is 13.2 Å². The highest BCUT2D eigenvalue weighted by atomic mass is 16.5. The Hall–Kier alpha value is -3.31. The summed E-state index contributed by atoms with van der Waals surface area (Å²) in [4.78, 5) is 11.0. The van der Waals surface area contributed by atoms with Gasteiger partial charge in [-0.2, -0.15) is 0 Å². The molecular formula is C25H26O5. The summed E-state index contributed by atoms with van der Waals surface area (Å²) >= 11 is 0. The van der Waals surface area contributed by atoms with Crippen LogP contribution in [0.1, 0.15) is 12.0 Å². The highest BCUT2D eigenvalue weighted by Gasteiger charge is 2.16. The van der Waals surface area contributed by atoms with Crippen LogP contribution < -0.4 is 9.47 Å². The molecule has 3 aromatic carbocycles. The predicted molar refractivity (Wildman–Crippen MR) is 116 cm³/mol. The maximum absolute atomic E-state index is 11.0. The molecule has 30 heavy (non-hydrogen) atoms. The minimum absolute atomic E-state index is 0.320. The van der Waals surface area contributed by atoms with Crippen LogP contribution in [-0.4, -0.2) is 37.5 Å². The lowest BCUT2D eigenvalue weighted by molar-refractivity contribution is -0.148. The smallest absolute Gasteiger partial charge is 0.333 e. The van der Waals surface area contributed by atoms with Crippen molar-refractivity contribution in [1.29, 1.82) is 0 Å². The number of para-hydroxylation sites is 1. The van der Waals surface area contributed by atoms with Gasteiger partial charge in [-0.1, -0.05) is 60.7 Å². The third-order valence-electron chi connectivity index (χ3n) is 4.69. The van der Waals surface area contributed by atoms with Crippen molar-refractivity contribution in [2.24, 2.45) is 0 Å². The van der Waals surface area contributed by atoms with E-state index in [1.165, 1.54) is 7.11 Å². The molecule has 0 aromatic heterocycles. The first-order chi connectivity index (χ1) is 14.7. The quantitative estimate of drug-likeness (QED) is 0.462. The van der Waals surface area contributed by atoms with Crippen LogP contribution in [-0.2, 0) is 16.0 Å². The average molecular weight is 406 g/mol. The summed E-state index contributed by atoms with van der Waals surface area (Å²) in [7, 11) is 1.40. The molecule has 1 atom stereocenters. The molecule has 156 valence electrons. The number of methoxy groups -OCH3 is 1. The molecule has 1 N–H and O–H groups in total. The Morgan fingerprint density at radius 3 is 2.23 bits per heavy atom. The Balaban J connectivity index is 1.45. The molecule has 0 heterocycles. The van der Waals surface area contributed by atoms with Crippen LogP contribution in [0.25, 0.3) is 11.1 Å². The standard InChI is InChI=1S/C25H26O5/c1-28-24(25(26)27)18-19-12-14-21(15-13-19)29-16-7-17-30-23-11-6-5-10-22(23)20-8-3-2-4-9-20/h2-6,8-15,24H,7,16-18H2,1H3,(H,26,27)/t24-/m0/s1. The molecule has 0 radical (unpaired) electrons. The number of carbonyl (C=O) groups is 1. The molecule has 0 fully saturated rings. The summed E-state index contributed by atoms with van der Waals surface area (Å²) < 4.78 is 16.7. The van der Waals surface area contributed by atoms with Crippen LogP contribution in [0, 0.1) is 0 Å². The maximum atomic E-state index is 11.0. The van der Waals surface area contributed by atoms with E-state index < -0.39 is 12.1 Å².